The van der Waals surface area contributed by atoms with E-state index < -0.39 is 0 Å². The van der Waals surface area contributed by atoms with Crippen LogP contribution in [0.1, 0.15) is 80.6 Å². The standard InChI is InChI=1S/C19H39O2/c1-9-16(2)15-17(12-14-21-19(6,7)8)11-10-13-20-18(3,4)5/h16-17H,2,9-15H2,1,3-8H3. The molecule has 2 atom stereocenters. The van der Waals surface area contributed by atoms with Crippen molar-refractivity contribution >= 4 is 0 Å². The number of rotatable bonds is 10. The second kappa shape index (κ2) is 9.84. The van der Waals surface area contributed by atoms with E-state index in [1.165, 1.54) is 12.8 Å². The third-order valence-electron chi connectivity index (χ3n) is 3.60. The maximum absolute atomic E-state index is 5.88. The van der Waals surface area contributed by atoms with Crippen molar-refractivity contribution in [3.63, 3.8) is 0 Å². The molecule has 0 N–H and O–H groups in total. The van der Waals surface area contributed by atoms with Crippen LogP contribution in [0.25, 0.3) is 0 Å². The summed E-state index contributed by atoms with van der Waals surface area (Å²) >= 11 is 0. The molecule has 2 nitrogen and oxygen atoms in total. The average molecular weight is 300 g/mol. The summed E-state index contributed by atoms with van der Waals surface area (Å²) < 4.78 is 11.7. The van der Waals surface area contributed by atoms with Gasteiger partial charge in [0.1, 0.15) is 0 Å². The van der Waals surface area contributed by atoms with E-state index >= 15 is 0 Å². The van der Waals surface area contributed by atoms with Crippen molar-refractivity contribution in [2.75, 3.05) is 13.2 Å². The Balaban J connectivity index is 4.08. The minimum absolute atomic E-state index is 0.0247. The lowest BCUT2D eigenvalue weighted by Crippen LogP contribution is -2.22. The second-order valence-corrected chi connectivity index (χ2v) is 8.23. The molecule has 2 unspecified atom stereocenters. The zero-order chi connectivity index (χ0) is 16.5. The molecule has 1 radical (unpaired) electrons. The Bertz CT molecular complexity index is 247. The normalized spacial score (nSPS) is 16.0. The molecule has 0 heterocycles. The van der Waals surface area contributed by atoms with E-state index in [1.807, 2.05) is 0 Å². The lowest BCUT2D eigenvalue weighted by molar-refractivity contribution is -0.0163. The smallest absolute Gasteiger partial charge is 0.0598 e. The SMILES string of the molecule is [CH2]C(CC)CC(CCCOC(C)(C)C)CCOC(C)(C)C. The maximum atomic E-state index is 5.88. The van der Waals surface area contributed by atoms with Crippen LogP contribution >= 0.6 is 0 Å². The molecular formula is C19H39O2. The Labute approximate surface area is 134 Å². The van der Waals surface area contributed by atoms with Gasteiger partial charge in [0.15, 0.2) is 0 Å². The molecular weight excluding hydrogens is 260 g/mol. The van der Waals surface area contributed by atoms with Crippen LogP contribution in [0.15, 0.2) is 0 Å². The summed E-state index contributed by atoms with van der Waals surface area (Å²) in [5, 5.41) is 0. The van der Waals surface area contributed by atoms with E-state index in [0.29, 0.717) is 11.8 Å². The summed E-state index contributed by atoms with van der Waals surface area (Å²) in [4.78, 5) is 0. The third-order valence-corrected chi connectivity index (χ3v) is 3.60. The highest BCUT2D eigenvalue weighted by Crippen LogP contribution is 2.24. The van der Waals surface area contributed by atoms with Crippen LogP contribution in [0.4, 0.5) is 0 Å². The number of hydrogen-bond acceptors (Lipinski definition) is 2. The van der Waals surface area contributed by atoms with Crippen molar-refractivity contribution in [2.45, 2.75) is 91.8 Å². The molecule has 0 aromatic rings. The van der Waals surface area contributed by atoms with E-state index in [1.54, 1.807) is 0 Å². The van der Waals surface area contributed by atoms with Gasteiger partial charge in [0.05, 0.1) is 11.2 Å². The topological polar surface area (TPSA) is 18.5 Å². The molecule has 0 aromatic heterocycles. The van der Waals surface area contributed by atoms with Gasteiger partial charge in [-0.2, -0.15) is 0 Å². The molecule has 0 aromatic carbocycles. The van der Waals surface area contributed by atoms with Gasteiger partial charge in [-0.3, -0.25) is 0 Å². The molecule has 127 valence electrons. The van der Waals surface area contributed by atoms with Gasteiger partial charge in [0.25, 0.3) is 0 Å². The molecule has 0 fully saturated rings. The number of ether oxygens (including phenoxy) is 2. The maximum Gasteiger partial charge on any atom is 0.0598 e. The summed E-state index contributed by atoms with van der Waals surface area (Å²) in [6.45, 7) is 20.9. The Hall–Kier alpha value is -0.0800. The monoisotopic (exact) mass is 299 g/mol. The summed E-state index contributed by atoms with van der Waals surface area (Å²) in [6.07, 6.45) is 5.86. The average Bonchev–Trinajstić information content (AvgIpc) is 2.31. The minimum atomic E-state index is -0.0332. The predicted octanol–water partition coefficient (Wildman–Crippen LogP) is 5.65. The lowest BCUT2D eigenvalue weighted by atomic mass is 9.88. The molecule has 0 amide bonds. The highest BCUT2D eigenvalue weighted by atomic mass is 16.5. The molecule has 0 saturated heterocycles. The van der Waals surface area contributed by atoms with E-state index in [-0.39, 0.29) is 11.2 Å². The van der Waals surface area contributed by atoms with Gasteiger partial charge in [0, 0.05) is 13.2 Å². The van der Waals surface area contributed by atoms with Gasteiger partial charge in [0.2, 0.25) is 0 Å². The Morgan fingerprint density at radius 1 is 0.857 bits per heavy atom. The van der Waals surface area contributed by atoms with Gasteiger partial charge in [-0.05, 0) is 79.1 Å². The van der Waals surface area contributed by atoms with Gasteiger partial charge >= 0.3 is 0 Å². The fourth-order valence-electron chi connectivity index (χ4n) is 2.30. The Kier molecular flexibility index (Phi) is 9.80. The van der Waals surface area contributed by atoms with Crippen LogP contribution < -0.4 is 0 Å². The van der Waals surface area contributed by atoms with E-state index in [0.717, 1.165) is 32.5 Å². The first-order valence-corrected chi connectivity index (χ1v) is 8.64. The summed E-state index contributed by atoms with van der Waals surface area (Å²) in [5.74, 6) is 1.27. The zero-order valence-corrected chi connectivity index (χ0v) is 15.6. The number of hydrogen-bond donors (Lipinski definition) is 0. The highest BCUT2D eigenvalue weighted by Gasteiger charge is 2.16. The van der Waals surface area contributed by atoms with E-state index in [2.05, 4.69) is 55.4 Å². The first-order valence-electron chi connectivity index (χ1n) is 8.64. The van der Waals surface area contributed by atoms with Crippen molar-refractivity contribution in [3.05, 3.63) is 6.92 Å². The largest absolute Gasteiger partial charge is 0.376 e. The molecule has 0 aliphatic carbocycles. The molecule has 0 saturated carbocycles. The van der Waals surface area contributed by atoms with Crippen LogP contribution in [0.5, 0.6) is 0 Å². The molecule has 0 spiro atoms. The van der Waals surface area contributed by atoms with Crippen LogP contribution in [0, 0.1) is 18.8 Å². The lowest BCUT2D eigenvalue weighted by Gasteiger charge is -2.25. The van der Waals surface area contributed by atoms with Crippen molar-refractivity contribution in [1.29, 1.82) is 0 Å². The second-order valence-electron chi connectivity index (χ2n) is 8.23. The Morgan fingerprint density at radius 3 is 1.86 bits per heavy atom. The molecule has 0 bridgehead atoms. The molecule has 0 rings (SSSR count). The van der Waals surface area contributed by atoms with Gasteiger partial charge < -0.3 is 9.47 Å². The quantitative estimate of drug-likeness (QED) is 0.485. The van der Waals surface area contributed by atoms with Gasteiger partial charge in [-0.15, -0.1) is 0 Å². The highest BCUT2D eigenvalue weighted by molar-refractivity contribution is 4.69. The van der Waals surface area contributed by atoms with Crippen molar-refractivity contribution < 1.29 is 9.47 Å². The summed E-state index contributed by atoms with van der Waals surface area (Å²) in [7, 11) is 0. The first kappa shape index (κ1) is 20.9. The zero-order valence-electron chi connectivity index (χ0n) is 15.6. The van der Waals surface area contributed by atoms with Crippen LogP contribution in [-0.4, -0.2) is 24.4 Å². The summed E-state index contributed by atoms with van der Waals surface area (Å²) in [6, 6.07) is 0. The van der Waals surface area contributed by atoms with E-state index in [9.17, 15) is 0 Å². The first-order chi connectivity index (χ1) is 9.53. The Morgan fingerprint density at radius 2 is 1.38 bits per heavy atom. The fraction of sp³-hybridized carbons (Fsp3) is 0.947. The molecule has 0 aliphatic rings. The van der Waals surface area contributed by atoms with Crippen LogP contribution in [-0.2, 0) is 9.47 Å². The van der Waals surface area contributed by atoms with Crippen LogP contribution in [0.3, 0.4) is 0 Å². The molecule has 2 heteroatoms. The van der Waals surface area contributed by atoms with Gasteiger partial charge in [-0.25, -0.2) is 0 Å². The van der Waals surface area contributed by atoms with Crippen molar-refractivity contribution in [3.8, 4) is 0 Å². The minimum Gasteiger partial charge on any atom is -0.376 e. The fourth-order valence-corrected chi connectivity index (χ4v) is 2.30. The van der Waals surface area contributed by atoms with Crippen molar-refractivity contribution in [2.24, 2.45) is 11.8 Å². The van der Waals surface area contributed by atoms with Crippen molar-refractivity contribution in [1.82, 2.24) is 0 Å². The molecule has 21 heavy (non-hydrogen) atoms. The summed E-state index contributed by atoms with van der Waals surface area (Å²) in [5.41, 5.74) is -0.0579. The predicted molar refractivity (Wildman–Crippen MR) is 92.5 cm³/mol. The van der Waals surface area contributed by atoms with Gasteiger partial charge in [-0.1, -0.05) is 20.3 Å². The van der Waals surface area contributed by atoms with Crippen LogP contribution in [0.2, 0.25) is 0 Å². The van der Waals surface area contributed by atoms with E-state index in [4.69, 9.17) is 9.47 Å². The third kappa shape index (κ3) is 14.6. The molecule has 0 aliphatic heterocycles.